The summed E-state index contributed by atoms with van der Waals surface area (Å²) in [7, 11) is 1.57. The highest BCUT2D eigenvalue weighted by atomic mass is 32.2. The predicted molar refractivity (Wildman–Crippen MR) is 135 cm³/mol. The lowest BCUT2D eigenvalue weighted by Gasteiger charge is -2.12. The number of hydrogen-bond acceptors (Lipinski definition) is 6. The topological polar surface area (TPSA) is 74.9 Å². The Morgan fingerprint density at radius 2 is 1.82 bits per heavy atom. The van der Waals surface area contributed by atoms with Gasteiger partial charge in [-0.25, -0.2) is 4.99 Å². The molecule has 0 spiro atoms. The molecule has 0 N–H and O–H groups in total. The zero-order chi connectivity index (χ0) is 23.9. The van der Waals surface area contributed by atoms with Crippen molar-refractivity contribution in [3.05, 3.63) is 94.4 Å². The molecule has 34 heavy (non-hydrogen) atoms. The molecule has 0 bridgehead atoms. The summed E-state index contributed by atoms with van der Waals surface area (Å²) in [4.78, 5) is 19.9. The summed E-state index contributed by atoms with van der Waals surface area (Å²) in [6.07, 6.45) is 1.83. The van der Waals surface area contributed by atoms with Crippen molar-refractivity contribution in [3.63, 3.8) is 0 Å². The Morgan fingerprint density at radius 1 is 1.06 bits per heavy atom. The Bertz CT molecular complexity index is 1300. The molecule has 0 unspecified atom stereocenters. The van der Waals surface area contributed by atoms with E-state index in [1.807, 2.05) is 73.7 Å². The first-order chi connectivity index (χ1) is 16.6. The van der Waals surface area contributed by atoms with Gasteiger partial charge >= 0.3 is 0 Å². The highest BCUT2D eigenvalue weighted by Gasteiger charge is 2.32. The molecule has 0 aromatic heterocycles. The number of hydrogen-bond donors (Lipinski definition) is 0. The third kappa shape index (κ3) is 5.13. The number of carbonyl (C=O) groups is 1. The van der Waals surface area contributed by atoms with Crippen LogP contribution in [0.15, 0.2) is 82.7 Å². The Labute approximate surface area is 203 Å². The molecule has 1 aliphatic heterocycles. The number of methoxy groups -OCH3 is 1. The average Bonchev–Trinajstić information content (AvgIpc) is 3.17. The fraction of sp³-hybridized carbons (Fsp3) is 0.148. The molecular formula is C27H23N3O3S. The van der Waals surface area contributed by atoms with Crippen molar-refractivity contribution < 1.29 is 14.3 Å². The van der Waals surface area contributed by atoms with Crippen LogP contribution in [0.2, 0.25) is 0 Å². The van der Waals surface area contributed by atoms with Gasteiger partial charge in [0, 0.05) is 12.1 Å². The molecule has 1 amide bonds. The molecule has 0 aliphatic carbocycles. The summed E-state index contributed by atoms with van der Waals surface area (Å²) < 4.78 is 11.4. The molecule has 3 aromatic rings. The molecule has 1 aliphatic rings. The van der Waals surface area contributed by atoms with Crippen LogP contribution in [0.25, 0.3) is 6.08 Å². The third-order valence-corrected chi connectivity index (χ3v) is 6.20. The number of nitriles is 1. The summed E-state index contributed by atoms with van der Waals surface area (Å²) in [6, 6.07) is 24.6. The maximum absolute atomic E-state index is 13.0. The molecule has 7 heteroatoms. The lowest BCUT2D eigenvalue weighted by atomic mass is 10.1. The van der Waals surface area contributed by atoms with Gasteiger partial charge in [0.25, 0.3) is 5.91 Å². The molecule has 1 fully saturated rings. The molecule has 6 nitrogen and oxygen atoms in total. The van der Waals surface area contributed by atoms with Crippen LogP contribution in [-0.4, -0.2) is 29.6 Å². The van der Waals surface area contributed by atoms with Crippen molar-refractivity contribution in [1.29, 1.82) is 5.26 Å². The van der Waals surface area contributed by atoms with Crippen LogP contribution in [0.4, 0.5) is 5.69 Å². The van der Waals surface area contributed by atoms with Gasteiger partial charge in [-0.2, -0.15) is 5.26 Å². The number of likely N-dealkylation sites (N-methyl/N-ethyl adjacent to an activating group) is 1. The van der Waals surface area contributed by atoms with E-state index in [4.69, 9.17) is 9.47 Å². The van der Waals surface area contributed by atoms with Crippen molar-refractivity contribution in [3.8, 4) is 17.6 Å². The van der Waals surface area contributed by atoms with E-state index in [0.29, 0.717) is 33.7 Å². The molecular weight excluding hydrogens is 446 g/mol. The number of nitrogens with zero attached hydrogens (tertiary/aromatic N) is 3. The lowest BCUT2D eigenvalue weighted by molar-refractivity contribution is -0.122. The molecule has 1 saturated heterocycles. The van der Waals surface area contributed by atoms with Gasteiger partial charge in [0.05, 0.1) is 29.3 Å². The van der Waals surface area contributed by atoms with E-state index < -0.39 is 0 Å². The van der Waals surface area contributed by atoms with Gasteiger partial charge in [-0.1, -0.05) is 42.5 Å². The van der Waals surface area contributed by atoms with Gasteiger partial charge in [0.1, 0.15) is 6.61 Å². The Morgan fingerprint density at radius 3 is 2.56 bits per heavy atom. The summed E-state index contributed by atoms with van der Waals surface area (Å²) >= 11 is 1.36. The number of aliphatic imine (C=N–C) groups is 1. The number of benzene rings is 3. The van der Waals surface area contributed by atoms with Gasteiger partial charge in [0.15, 0.2) is 16.7 Å². The maximum atomic E-state index is 13.0. The van der Waals surface area contributed by atoms with E-state index in [9.17, 15) is 10.1 Å². The Kier molecular flexibility index (Phi) is 7.31. The van der Waals surface area contributed by atoms with Crippen LogP contribution < -0.4 is 9.47 Å². The first-order valence-electron chi connectivity index (χ1n) is 10.8. The van der Waals surface area contributed by atoms with Crippen molar-refractivity contribution >= 4 is 34.6 Å². The number of para-hydroxylation sites is 1. The minimum Gasteiger partial charge on any atom is -0.493 e. The van der Waals surface area contributed by atoms with Gasteiger partial charge in [-0.05, 0) is 60.7 Å². The van der Waals surface area contributed by atoms with E-state index in [2.05, 4.69) is 11.1 Å². The van der Waals surface area contributed by atoms with Gasteiger partial charge < -0.3 is 9.47 Å². The monoisotopic (exact) mass is 469 g/mol. The number of amides is 1. The first kappa shape index (κ1) is 23.1. The van der Waals surface area contributed by atoms with Crippen LogP contribution in [0.3, 0.4) is 0 Å². The maximum Gasteiger partial charge on any atom is 0.266 e. The second-order valence-electron chi connectivity index (χ2n) is 7.36. The molecule has 3 aromatic carbocycles. The fourth-order valence-corrected chi connectivity index (χ4v) is 4.50. The molecule has 1 heterocycles. The zero-order valence-electron chi connectivity index (χ0n) is 18.9. The van der Waals surface area contributed by atoms with E-state index >= 15 is 0 Å². The number of amidine groups is 1. The van der Waals surface area contributed by atoms with E-state index in [0.717, 1.165) is 16.8 Å². The minimum atomic E-state index is -0.0745. The highest BCUT2D eigenvalue weighted by Crippen LogP contribution is 2.36. The minimum absolute atomic E-state index is 0.0745. The van der Waals surface area contributed by atoms with Gasteiger partial charge in [-0.15, -0.1) is 0 Å². The SMILES string of the molecule is CCN1C(=O)/C(=C/c2ccc(OCc3ccccc3C#N)c(OC)c2)SC1=Nc1ccccc1. The molecule has 4 rings (SSSR count). The van der Waals surface area contributed by atoms with Crippen molar-refractivity contribution in [2.45, 2.75) is 13.5 Å². The fourth-order valence-electron chi connectivity index (χ4n) is 3.44. The number of carbonyl (C=O) groups excluding carboxylic acids is 1. The van der Waals surface area contributed by atoms with Gasteiger partial charge in [-0.3, -0.25) is 9.69 Å². The molecule has 0 atom stereocenters. The standard InChI is InChI=1S/C27H23N3O3S/c1-3-30-26(31)25(34-27(30)29-22-11-5-4-6-12-22)16-19-13-14-23(24(15-19)32-2)33-18-21-10-8-7-9-20(21)17-28/h4-16H,3,18H2,1-2H3/b25-16-,29-27?. The Hall–Kier alpha value is -4.02. The van der Waals surface area contributed by atoms with Crippen LogP contribution in [0, 0.1) is 11.3 Å². The predicted octanol–water partition coefficient (Wildman–Crippen LogP) is 5.77. The van der Waals surface area contributed by atoms with E-state index in [1.165, 1.54) is 11.8 Å². The van der Waals surface area contributed by atoms with Crippen LogP contribution >= 0.6 is 11.8 Å². The largest absolute Gasteiger partial charge is 0.493 e. The Balaban J connectivity index is 1.55. The first-order valence-corrected chi connectivity index (χ1v) is 11.6. The normalized spacial score (nSPS) is 15.6. The summed E-state index contributed by atoms with van der Waals surface area (Å²) in [5.74, 6) is 1.03. The summed E-state index contributed by atoms with van der Waals surface area (Å²) in [5.41, 5.74) is 3.00. The summed E-state index contributed by atoms with van der Waals surface area (Å²) in [6.45, 7) is 2.72. The average molecular weight is 470 g/mol. The van der Waals surface area contributed by atoms with Crippen molar-refractivity contribution in [2.75, 3.05) is 13.7 Å². The lowest BCUT2D eigenvalue weighted by Crippen LogP contribution is -2.28. The zero-order valence-corrected chi connectivity index (χ0v) is 19.7. The molecule has 0 saturated carbocycles. The van der Waals surface area contributed by atoms with Crippen LogP contribution in [0.5, 0.6) is 11.5 Å². The smallest absolute Gasteiger partial charge is 0.266 e. The molecule has 0 radical (unpaired) electrons. The highest BCUT2D eigenvalue weighted by molar-refractivity contribution is 8.18. The number of rotatable bonds is 7. The van der Waals surface area contributed by atoms with Gasteiger partial charge in [0.2, 0.25) is 0 Å². The summed E-state index contributed by atoms with van der Waals surface area (Å²) in [5, 5.41) is 9.93. The second-order valence-corrected chi connectivity index (χ2v) is 8.37. The van der Waals surface area contributed by atoms with E-state index in [-0.39, 0.29) is 12.5 Å². The number of ether oxygens (including phenoxy) is 2. The van der Waals surface area contributed by atoms with Crippen LogP contribution in [-0.2, 0) is 11.4 Å². The van der Waals surface area contributed by atoms with Crippen molar-refractivity contribution in [1.82, 2.24) is 4.90 Å². The molecule has 170 valence electrons. The van der Waals surface area contributed by atoms with Crippen LogP contribution in [0.1, 0.15) is 23.6 Å². The van der Waals surface area contributed by atoms with Crippen molar-refractivity contribution in [2.24, 2.45) is 4.99 Å². The van der Waals surface area contributed by atoms with E-state index in [1.54, 1.807) is 24.1 Å². The quantitative estimate of drug-likeness (QED) is 0.411. The second kappa shape index (κ2) is 10.7. The number of thioether (sulfide) groups is 1. The third-order valence-electron chi connectivity index (χ3n) is 5.19.